The van der Waals surface area contributed by atoms with Crippen molar-refractivity contribution in [3.63, 3.8) is 0 Å². The highest BCUT2D eigenvalue weighted by molar-refractivity contribution is 6.17. The molecule has 0 aliphatic heterocycles. The van der Waals surface area contributed by atoms with Crippen LogP contribution in [0.5, 0.6) is 5.75 Å². The van der Waals surface area contributed by atoms with Crippen LogP contribution in [-0.2, 0) is 6.42 Å². The summed E-state index contributed by atoms with van der Waals surface area (Å²) in [5.41, 5.74) is 1.33. The number of aryl methyl sites for hydroxylation is 1. The maximum atomic E-state index is 5.64. The lowest BCUT2D eigenvalue weighted by Crippen LogP contribution is -1.96. The van der Waals surface area contributed by atoms with E-state index in [1.165, 1.54) is 12.0 Å². The van der Waals surface area contributed by atoms with Crippen molar-refractivity contribution in [3.8, 4) is 5.75 Å². The van der Waals surface area contributed by atoms with Gasteiger partial charge in [-0.1, -0.05) is 25.5 Å². The minimum Gasteiger partial charge on any atom is -0.494 e. The molecule has 0 saturated heterocycles. The highest BCUT2D eigenvalue weighted by Crippen LogP contribution is 2.13. The minimum absolute atomic E-state index is 0.731. The van der Waals surface area contributed by atoms with E-state index < -0.39 is 0 Å². The highest BCUT2D eigenvalue weighted by Gasteiger charge is 1.95. The fourth-order valence-electron chi connectivity index (χ4n) is 1.36. The van der Waals surface area contributed by atoms with Crippen LogP contribution in [0.15, 0.2) is 24.3 Å². The van der Waals surface area contributed by atoms with Crippen molar-refractivity contribution < 1.29 is 4.74 Å². The predicted molar refractivity (Wildman–Crippen MR) is 65.9 cm³/mol. The van der Waals surface area contributed by atoms with Crippen LogP contribution in [0.2, 0.25) is 0 Å². The molecular formula is C13H19ClO. The molecule has 0 fully saturated rings. The second-order valence-electron chi connectivity index (χ2n) is 3.64. The third-order valence-electron chi connectivity index (χ3n) is 2.29. The molecule has 0 radical (unpaired) electrons. The number of benzene rings is 1. The van der Waals surface area contributed by atoms with Gasteiger partial charge in [0.25, 0.3) is 0 Å². The van der Waals surface area contributed by atoms with Gasteiger partial charge in [0.15, 0.2) is 0 Å². The molecule has 0 atom stereocenters. The summed E-state index contributed by atoms with van der Waals surface area (Å²) < 4.78 is 5.58. The van der Waals surface area contributed by atoms with Crippen LogP contribution < -0.4 is 4.74 Å². The van der Waals surface area contributed by atoms with Gasteiger partial charge in [-0.25, -0.2) is 0 Å². The zero-order chi connectivity index (χ0) is 10.9. The average Bonchev–Trinajstić information content (AvgIpc) is 2.28. The van der Waals surface area contributed by atoms with Crippen LogP contribution in [0.3, 0.4) is 0 Å². The van der Waals surface area contributed by atoms with Gasteiger partial charge in [-0.3, -0.25) is 0 Å². The highest BCUT2D eigenvalue weighted by atomic mass is 35.5. The molecule has 0 bridgehead atoms. The van der Waals surface area contributed by atoms with Gasteiger partial charge in [0.2, 0.25) is 0 Å². The Labute approximate surface area is 97.4 Å². The van der Waals surface area contributed by atoms with Gasteiger partial charge < -0.3 is 4.74 Å². The monoisotopic (exact) mass is 226 g/mol. The molecule has 0 aliphatic rings. The largest absolute Gasteiger partial charge is 0.494 e. The first-order valence-electron chi connectivity index (χ1n) is 5.64. The van der Waals surface area contributed by atoms with Crippen molar-refractivity contribution >= 4 is 11.6 Å². The van der Waals surface area contributed by atoms with E-state index in [-0.39, 0.29) is 0 Å². The maximum absolute atomic E-state index is 5.64. The van der Waals surface area contributed by atoms with E-state index in [4.69, 9.17) is 16.3 Å². The number of unbranched alkanes of at least 4 members (excludes halogenated alkanes) is 1. The minimum atomic E-state index is 0.731. The normalized spacial score (nSPS) is 10.3. The topological polar surface area (TPSA) is 9.23 Å². The Morgan fingerprint density at radius 2 is 1.87 bits per heavy atom. The molecule has 2 heteroatoms. The average molecular weight is 227 g/mol. The van der Waals surface area contributed by atoms with Crippen molar-refractivity contribution in [2.24, 2.45) is 0 Å². The van der Waals surface area contributed by atoms with Gasteiger partial charge >= 0.3 is 0 Å². The molecule has 0 aromatic heterocycles. The molecule has 0 amide bonds. The summed E-state index contributed by atoms with van der Waals surface area (Å²) in [4.78, 5) is 0. The SMILES string of the molecule is CCCCOc1ccc(CCCCl)cc1. The van der Waals surface area contributed by atoms with Crippen LogP contribution in [0.25, 0.3) is 0 Å². The van der Waals surface area contributed by atoms with Crippen LogP contribution in [0.1, 0.15) is 31.7 Å². The Morgan fingerprint density at radius 1 is 1.13 bits per heavy atom. The number of alkyl halides is 1. The summed E-state index contributed by atoms with van der Waals surface area (Å²) in [6, 6.07) is 8.32. The molecule has 84 valence electrons. The number of rotatable bonds is 7. The fourth-order valence-corrected chi connectivity index (χ4v) is 1.49. The Balaban J connectivity index is 2.35. The van der Waals surface area contributed by atoms with E-state index in [1.54, 1.807) is 0 Å². The summed E-state index contributed by atoms with van der Waals surface area (Å²) in [7, 11) is 0. The zero-order valence-corrected chi connectivity index (χ0v) is 10.1. The number of halogens is 1. The number of hydrogen-bond acceptors (Lipinski definition) is 1. The van der Waals surface area contributed by atoms with Gasteiger partial charge in [0, 0.05) is 5.88 Å². The van der Waals surface area contributed by atoms with E-state index >= 15 is 0 Å². The maximum Gasteiger partial charge on any atom is 0.119 e. The first-order valence-corrected chi connectivity index (χ1v) is 6.18. The quantitative estimate of drug-likeness (QED) is 0.504. The van der Waals surface area contributed by atoms with E-state index in [2.05, 4.69) is 19.1 Å². The molecule has 1 aromatic carbocycles. The van der Waals surface area contributed by atoms with Gasteiger partial charge in [0.05, 0.1) is 6.61 Å². The summed E-state index contributed by atoms with van der Waals surface area (Å²) in [6.45, 7) is 2.98. The van der Waals surface area contributed by atoms with Gasteiger partial charge in [-0.15, -0.1) is 11.6 Å². The molecule has 0 unspecified atom stereocenters. The van der Waals surface area contributed by atoms with E-state index in [0.29, 0.717) is 0 Å². The number of ether oxygens (including phenoxy) is 1. The molecule has 1 aromatic rings. The Bertz CT molecular complexity index is 256. The van der Waals surface area contributed by atoms with Crippen LogP contribution in [-0.4, -0.2) is 12.5 Å². The van der Waals surface area contributed by atoms with Crippen molar-refractivity contribution in [1.29, 1.82) is 0 Å². The summed E-state index contributed by atoms with van der Waals surface area (Å²) >= 11 is 5.64. The molecule has 15 heavy (non-hydrogen) atoms. The fraction of sp³-hybridized carbons (Fsp3) is 0.538. The smallest absolute Gasteiger partial charge is 0.119 e. The Hall–Kier alpha value is -0.690. The standard InChI is InChI=1S/C13H19ClO/c1-2-3-11-15-13-8-6-12(7-9-13)5-4-10-14/h6-9H,2-5,10-11H2,1H3. The van der Waals surface area contributed by atoms with Crippen molar-refractivity contribution in [2.75, 3.05) is 12.5 Å². The van der Waals surface area contributed by atoms with Crippen LogP contribution >= 0.6 is 11.6 Å². The predicted octanol–water partition coefficient (Wildman–Crippen LogP) is 4.04. The first-order chi connectivity index (χ1) is 7.36. The summed E-state index contributed by atoms with van der Waals surface area (Å²) in [6.07, 6.45) is 4.39. The first kappa shape index (κ1) is 12.4. The molecule has 0 N–H and O–H groups in total. The summed E-state index contributed by atoms with van der Waals surface area (Å²) in [5.74, 6) is 1.70. The second kappa shape index (κ2) is 7.58. The van der Waals surface area contributed by atoms with Gasteiger partial charge in [-0.2, -0.15) is 0 Å². The number of hydrogen-bond donors (Lipinski definition) is 0. The van der Waals surface area contributed by atoms with Gasteiger partial charge in [0.1, 0.15) is 5.75 Å². The molecule has 1 nitrogen and oxygen atoms in total. The molecule has 1 rings (SSSR count). The van der Waals surface area contributed by atoms with E-state index in [0.717, 1.165) is 37.5 Å². The molecule has 0 spiro atoms. The van der Waals surface area contributed by atoms with Crippen LogP contribution in [0.4, 0.5) is 0 Å². The molecular weight excluding hydrogens is 208 g/mol. The molecule has 0 saturated carbocycles. The Morgan fingerprint density at radius 3 is 2.47 bits per heavy atom. The van der Waals surface area contributed by atoms with E-state index in [9.17, 15) is 0 Å². The second-order valence-corrected chi connectivity index (χ2v) is 4.02. The van der Waals surface area contributed by atoms with Crippen LogP contribution in [0, 0.1) is 0 Å². The lowest BCUT2D eigenvalue weighted by atomic mass is 10.1. The third kappa shape index (κ3) is 5.08. The lowest BCUT2D eigenvalue weighted by Gasteiger charge is -2.06. The van der Waals surface area contributed by atoms with Crippen molar-refractivity contribution in [1.82, 2.24) is 0 Å². The Kier molecular flexibility index (Phi) is 6.26. The van der Waals surface area contributed by atoms with Crippen molar-refractivity contribution in [3.05, 3.63) is 29.8 Å². The van der Waals surface area contributed by atoms with Crippen molar-refractivity contribution in [2.45, 2.75) is 32.6 Å². The van der Waals surface area contributed by atoms with Gasteiger partial charge in [-0.05, 0) is 37.0 Å². The third-order valence-corrected chi connectivity index (χ3v) is 2.56. The molecule has 0 aliphatic carbocycles. The molecule has 0 heterocycles. The zero-order valence-electron chi connectivity index (χ0n) is 9.34. The summed E-state index contributed by atoms with van der Waals surface area (Å²) in [5, 5.41) is 0. The van der Waals surface area contributed by atoms with E-state index in [1.807, 2.05) is 12.1 Å². The lowest BCUT2D eigenvalue weighted by molar-refractivity contribution is 0.309.